The van der Waals surface area contributed by atoms with Gasteiger partial charge in [-0.25, -0.2) is 4.79 Å². The molecule has 106 valence electrons. The molecule has 0 aromatic heterocycles. The number of benzene rings is 1. The maximum absolute atomic E-state index is 11.6. The predicted molar refractivity (Wildman–Crippen MR) is 66.1 cm³/mol. The number of phenolic OH excluding ortho intramolecular Hbond substituents is 1. The van der Waals surface area contributed by atoms with Crippen LogP contribution in [0.1, 0.15) is 5.56 Å². The number of hydrogen-bond donors (Lipinski definition) is 3. The summed E-state index contributed by atoms with van der Waals surface area (Å²) in [5, 5.41) is 20.2. The Morgan fingerprint density at radius 1 is 1.30 bits per heavy atom. The number of carbonyl (C=O) groups is 3. The molecule has 2 rings (SSSR count). The second-order valence-electron chi connectivity index (χ2n) is 4.44. The molecule has 3 N–H and O–H groups in total. The van der Waals surface area contributed by atoms with Crippen molar-refractivity contribution in [2.75, 3.05) is 0 Å². The van der Waals surface area contributed by atoms with Crippen LogP contribution < -0.4 is 5.32 Å². The molecule has 7 nitrogen and oxygen atoms in total. The smallest absolute Gasteiger partial charge is 0.336 e. The Balaban J connectivity index is 1.89. The minimum atomic E-state index is -1.20. The molecule has 0 spiro atoms. The molecule has 1 aromatic carbocycles. The Labute approximate surface area is 114 Å². The van der Waals surface area contributed by atoms with E-state index in [-0.39, 0.29) is 12.2 Å². The van der Waals surface area contributed by atoms with E-state index in [1.165, 1.54) is 12.1 Å². The largest absolute Gasteiger partial charge is 0.508 e. The molecule has 0 radical (unpaired) electrons. The van der Waals surface area contributed by atoms with Crippen molar-refractivity contribution in [3.05, 3.63) is 29.8 Å². The van der Waals surface area contributed by atoms with Gasteiger partial charge in [0.05, 0.1) is 6.04 Å². The van der Waals surface area contributed by atoms with Crippen molar-refractivity contribution in [3.8, 4) is 5.75 Å². The van der Waals surface area contributed by atoms with Gasteiger partial charge in [0.1, 0.15) is 12.0 Å². The summed E-state index contributed by atoms with van der Waals surface area (Å²) < 4.78 is 4.69. The summed E-state index contributed by atoms with van der Waals surface area (Å²) in [6.45, 7) is 0. The van der Waals surface area contributed by atoms with Crippen LogP contribution in [0.15, 0.2) is 24.3 Å². The quantitative estimate of drug-likeness (QED) is 0.476. The van der Waals surface area contributed by atoms with Gasteiger partial charge in [0.15, 0.2) is 12.2 Å². The summed E-state index contributed by atoms with van der Waals surface area (Å²) in [6, 6.07) is 5.44. The average Bonchev–Trinajstić information content (AvgIpc) is 3.21. The Kier molecular flexibility index (Phi) is 3.99. The molecule has 3 atom stereocenters. The van der Waals surface area contributed by atoms with Crippen molar-refractivity contribution in [1.29, 1.82) is 0 Å². The first-order chi connectivity index (χ1) is 9.51. The first-order valence-electron chi connectivity index (χ1n) is 5.93. The highest BCUT2D eigenvalue weighted by Gasteiger charge is 2.50. The summed E-state index contributed by atoms with van der Waals surface area (Å²) >= 11 is 0. The first kappa shape index (κ1) is 14.0. The van der Waals surface area contributed by atoms with E-state index in [9.17, 15) is 14.4 Å². The van der Waals surface area contributed by atoms with Crippen LogP contribution in [0.4, 0.5) is 0 Å². The third-order valence-corrected chi connectivity index (χ3v) is 2.88. The molecule has 1 aliphatic heterocycles. The lowest BCUT2D eigenvalue weighted by molar-refractivity contribution is -0.138. The van der Waals surface area contributed by atoms with Crippen LogP contribution >= 0.6 is 0 Å². The fraction of sp³-hybridized carbons (Fsp3) is 0.308. The van der Waals surface area contributed by atoms with E-state index in [1.807, 2.05) is 0 Å². The standard InChI is InChI=1S/C13H13NO6/c15-6-8(5-7-1-3-9(16)4-2-7)14-12(17)10-11(20-10)13(18)19/h1-4,6,8,10-11,16H,5H2,(H,14,17)(H,18,19)/t8-,10-,11-/m0/s1. The van der Waals surface area contributed by atoms with Crippen molar-refractivity contribution >= 4 is 18.2 Å². The minimum Gasteiger partial charge on any atom is -0.508 e. The second kappa shape index (κ2) is 5.70. The Morgan fingerprint density at radius 3 is 2.45 bits per heavy atom. The van der Waals surface area contributed by atoms with E-state index in [4.69, 9.17) is 14.9 Å². The van der Waals surface area contributed by atoms with E-state index in [0.717, 1.165) is 5.56 Å². The van der Waals surface area contributed by atoms with E-state index >= 15 is 0 Å². The highest BCUT2D eigenvalue weighted by Crippen LogP contribution is 2.22. The lowest BCUT2D eigenvalue weighted by Crippen LogP contribution is -2.41. The number of hydrogen-bond acceptors (Lipinski definition) is 5. The third kappa shape index (κ3) is 3.33. The molecule has 1 aliphatic rings. The Bertz CT molecular complexity index is 526. The van der Waals surface area contributed by atoms with Crippen LogP contribution in [-0.4, -0.2) is 46.6 Å². The summed E-state index contributed by atoms with van der Waals surface area (Å²) in [5.41, 5.74) is 0.756. The predicted octanol–water partition coefficient (Wildman–Crippen LogP) is -0.530. The van der Waals surface area contributed by atoms with Gasteiger partial charge in [0, 0.05) is 0 Å². The zero-order valence-electron chi connectivity index (χ0n) is 10.4. The van der Waals surface area contributed by atoms with Gasteiger partial charge in [-0.3, -0.25) is 4.79 Å². The Hall–Kier alpha value is -2.41. The molecule has 1 amide bonds. The lowest BCUT2D eigenvalue weighted by Gasteiger charge is -2.12. The van der Waals surface area contributed by atoms with Crippen molar-refractivity contribution in [2.24, 2.45) is 0 Å². The van der Waals surface area contributed by atoms with Crippen LogP contribution in [0, 0.1) is 0 Å². The number of carboxylic acids is 1. The number of aliphatic carboxylic acids is 1. The van der Waals surface area contributed by atoms with Crippen LogP contribution in [0.2, 0.25) is 0 Å². The molecule has 1 fully saturated rings. The monoisotopic (exact) mass is 279 g/mol. The number of aromatic hydroxyl groups is 1. The number of rotatable bonds is 6. The number of aldehydes is 1. The summed E-state index contributed by atoms with van der Waals surface area (Å²) in [7, 11) is 0. The third-order valence-electron chi connectivity index (χ3n) is 2.88. The molecule has 1 aromatic rings. The summed E-state index contributed by atoms with van der Waals surface area (Å²) in [4.78, 5) is 33.1. The van der Waals surface area contributed by atoms with Crippen LogP contribution in [0.3, 0.4) is 0 Å². The number of ether oxygens (including phenoxy) is 1. The zero-order valence-corrected chi connectivity index (χ0v) is 10.4. The highest BCUT2D eigenvalue weighted by atomic mass is 16.6. The number of phenols is 1. The minimum absolute atomic E-state index is 0.108. The van der Waals surface area contributed by atoms with Gasteiger partial charge in [0.25, 0.3) is 5.91 Å². The van der Waals surface area contributed by atoms with Gasteiger partial charge < -0.3 is 25.1 Å². The van der Waals surface area contributed by atoms with Crippen LogP contribution in [-0.2, 0) is 25.5 Å². The molecule has 1 heterocycles. The summed E-state index contributed by atoms with van der Waals surface area (Å²) in [6.07, 6.45) is -1.34. The fourth-order valence-corrected chi connectivity index (χ4v) is 1.78. The van der Waals surface area contributed by atoms with Crippen molar-refractivity contribution in [1.82, 2.24) is 5.32 Å². The molecule has 0 unspecified atom stereocenters. The van der Waals surface area contributed by atoms with Gasteiger partial charge >= 0.3 is 5.97 Å². The van der Waals surface area contributed by atoms with Crippen molar-refractivity contribution in [2.45, 2.75) is 24.7 Å². The van der Waals surface area contributed by atoms with Crippen molar-refractivity contribution < 1.29 is 29.3 Å². The van der Waals surface area contributed by atoms with E-state index in [2.05, 4.69) is 5.32 Å². The summed E-state index contributed by atoms with van der Waals surface area (Å²) in [5.74, 6) is -1.71. The maximum Gasteiger partial charge on any atom is 0.336 e. The molecule has 20 heavy (non-hydrogen) atoms. The molecule has 1 saturated heterocycles. The molecular formula is C13H13NO6. The number of amides is 1. The van der Waals surface area contributed by atoms with Gasteiger partial charge in [0.2, 0.25) is 0 Å². The lowest BCUT2D eigenvalue weighted by atomic mass is 10.1. The SMILES string of the molecule is O=C[C@H](Cc1ccc(O)cc1)NC(=O)[C@H]1O[C@@H]1C(=O)O. The topological polar surface area (TPSA) is 116 Å². The highest BCUT2D eigenvalue weighted by molar-refractivity contribution is 5.93. The maximum atomic E-state index is 11.6. The second-order valence-corrected chi connectivity index (χ2v) is 4.44. The number of nitrogens with one attached hydrogen (secondary N) is 1. The van der Waals surface area contributed by atoms with E-state index in [1.54, 1.807) is 12.1 Å². The van der Waals surface area contributed by atoms with E-state index < -0.39 is 30.1 Å². The number of carboxylic acid groups (broad SMARTS) is 1. The molecule has 0 bridgehead atoms. The van der Waals surface area contributed by atoms with Gasteiger partial charge in [-0.2, -0.15) is 0 Å². The zero-order chi connectivity index (χ0) is 14.7. The van der Waals surface area contributed by atoms with Gasteiger partial charge in [-0.15, -0.1) is 0 Å². The van der Waals surface area contributed by atoms with Crippen LogP contribution in [0.25, 0.3) is 0 Å². The van der Waals surface area contributed by atoms with Crippen molar-refractivity contribution in [3.63, 3.8) is 0 Å². The fourth-order valence-electron chi connectivity index (χ4n) is 1.78. The number of carbonyl (C=O) groups excluding carboxylic acids is 2. The molecule has 0 saturated carbocycles. The first-order valence-corrected chi connectivity index (χ1v) is 5.93. The molecular weight excluding hydrogens is 266 g/mol. The normalized spacial score (nSPS) is 21.8. The van der Waals surface area contributed by atoms with E-state index in [0.29, 0.717) is 6.29 Å². The number of epoxide rings is 1. The van der Waals surface area contributed by atoms with Gasteiger partial charge in [-0.05, 0) is 24.1 Å². The Morgan fingerprint density at radius 2 is 1.95 bits per heavy atom. The van der Waals surface area contributed by atoms with Gasteiger partial charge in [-0.1, -0.05) is 12.1 Å². The van der Waals surface area contributed by atoms with Crippen LogP contribution in [0.5, 0.6) is 5.75 Å². The molecule has 0 aliphatic carbocycles. The molecule has 7 heteroatoms. The average molecular weight is 279 g/mol.